The van der Waals surface area contributed by atoms with Gasteiger partial charge in [-0.1, -0.05) is 30.3 Å². The third kappa shape index (κ3) is 5.89. The molecule has 0 saturated heterocycles. The maximum atomic E-state index is 13.1. The molecule has 0 bridgehead atoms. The number of hydrogen-bond donors (Lipinski definition) is 1. The highest BCUT2D eigenvalue weighted by Crippen LogP contribution is 2.16. The van der Waals surface area contributed by atoms with Crippen LogP contribution < -0.4 is 10.7 Å². The van der Waals surface area contributed by atoms with Crippen LogP contribution in [0.5, 0.6) is 0 Å². The highest BCUT2D eigenvalue weighted by molar-refractivity contribution is 5.95. The van der Waals surface area contributed by atoms with Crippen LogP contribution >= 0.6 is 0 Å². The number of carbonyl (C=O) groups is 1. The quantitative estimate of drug-likeness (QED) is 0.578. The molecule has 0 saturated carbocycles. The highest BCUT2D eigenvalue weighted by atomic mass is 16.5. The molecule has 6 heteroatoms. The number of pyridine rings is 2. The average Bonchev–Trinajstić information content (AvgIpc) is 2.75. The van der Waals surface area contributed by atoms with Gasteiger partial charge in [0.2, 0.25) is 0 Å². The summed E-state index contributed by atoms with van der Waals surface area (Å²) in [6.07, 6.45) is 4.80. The minimum Gasteiger partial charge on any atom is -0.383 e. The predicted octanol–water partition coefficient (Wildman–Crippen LogP) is 3.15. The number of aromatic nitrogens is 2. The third-order valence-electron chi connectivity index (χ3n) is 5.23. The van der Waals surface area contributed by atoms with Crippen LogP contribution in [0.1, 0.15) is 39.8 Å². The van der Waals surface area contributed by atoms with Crippen LogP contribution in [0.4, 0.5) is 0 Å². The van der Waals surface area contributed by atoms with E-state index >= 15 is 0 Å². The molecule has 2 heterocycles. The van der Waals surface area contributed by atoms with E-state index in [0.29, 0.717) is 19.6 Å². The van der Waals surface area contributed by atoms with Gasteiger partial charge in [0, 0.05) is 49.5 Å². The second kappa shape index (κ2) is 10.7. The van der Waals surface area contributed by atoms with Gasteiger partial charge in [0.05, 0.1) is 6.61 Å². The number of aryl methyl sites for hydroxylation is 2. The number of nitrogens with zero attached hydrogens (tertiary/aromatic N) is 2. The molecule has 1 N–H and O–H groups in total. The lowest BCUT2D eigenvalue weighted by Gasteiger charge is -2.21. The number of hydrogen-bond acceptors (Lipinski definition) is 4. The van der Waals surface area contributed by atoms with Crippen molar-refractivity contribution in [3.63, 3.8) is 0 Å². The summed E-state index contributed by atoms with van der Waals surface area (Å²) in [6, 6.07) is 15.3. The number of benzene rings is 1. The Morgan fingerprint density at radius 3 is 2.48 bits per heavy atom. The van der Waals surface area contributed by atoms with Gasteiger partial charge in [-0.15, -0.1) is 0 Å². The molecule has 6 nitrogen and oxygen atoms in total. The summed E-state index contributed by atoms with van der Waals surface area (Å²) in [5, 5.41) is 2.90. The molecule has 3 rings (SSSR count). The molecule has 0 spiro atoms. The molecule has 1 amide bonds. The Kier molecular flexibility index (Phi) is 7.73. The number of carbonyl (C=O) groups excluding carboxylic acids is 1. The standard InChI is InChI=1S/C25H29N3O3/c1-18(17-31-3)27-25(30)24-22(10-9-20-7-5-4-6-8-20)28(19(2)15-23(24)29)16-21-11-13-26-14-12-21/h4-8,11-15,18H,9-10,16-17H2,1-3H3,(H,27,30). The average molecular weight is 420 g/mol. The SMILES string of the molecule is COCC(C)NC(=O)c1c(CCc2ccccc2)n(Cc2ccncc2)c(C)cc1=O. The lowest BCUT2D eigenvalue weighted by molar-refractivity contribution is 0.0902. The Morgan fingerprint density at radius 2 is 1.81 bits per heavy atom. The van der Waals surface area contributed by atoms with Crippen LogP contribution in [0.2, 0.25) is 0 Å². The molecular formula is C25H29N3O3. The van der Waals surface area contributed by atoms with E-state index in [-0.39, 0.29) is 22.9 Å². The fourth-order valence-electron chi connectivity index (χ4n) is 3.72. The summed E-state index contributed by atoms with van der Waals surface area (Å²) in [7, 11) is 1.58. The molecule has 1 atom stereocenters. The minimum atomic E-state index is -0.360. The molecular weight excluding hydrogens is 390 g/mol. The Balaban J connectivity index is 2.03. The molecule has 0 aliphatic carbocycles. The van der Waals surface area contributed by atoms with Crippen LogP contribution in [0, 0.1) is 6.92 Å². The van der Waals surface area contributed by atoms with Crippen molar-refractivity contribution >= 4 is 5.91 Å². The normalized spacial score (nSPS) is 11.8. The number of ether oxygens (including phenoxy) is 1. The van der Waals surface area contributed by atoms with Crippen molar-refractivity contribution in [1.82, 2.24) is 14.9 Å². The second-order valence-electron chi connectivity index (χ2n) is 7.73. The fraction of sp³-hybridized carbons (Fsp3) is 0.320. The van der Waals surface area contributed by atoms with Gasteiger partial charge in [-0.2, -0.15) is 0 Å². The van der Waals surface area contributed by atoms with E-state index in [9.17, 15) is 9.59 Å². The molecule has 1 aromatic carbocycles. The maximum absolute atomic E-state index is 13.1. The zero-order valence-electron chi connectivity index (χ0n) is 18.3. The molecule has 0 aliphatic heterocycles. The van der Waals surface area contributed by atoms with Crippen molar-refractivity contribution in [1.29, 1.82) is 0 Å². The van der Waals surface area contributed by atoms with E-state index in [1.807, 2.05) is 44.2 Å². The zero-order chi connectivity index (χ0) is 22.2. The first-order chi connectivity index (χ1) is 15.0. The van der Waals surface area contributed by atoms with E-state index in [1.165, 1.54) is 0 Å². The Morgan fingerprint density at radius 1 is 1.10 bits per heavy atom. The fourth-order valence-corrected chi connectivity index (χ4v) is 3.72. The first-order valence-corrected chi connectivity index (χ1v) is 10.5. The summed E-state index contributed by atoms with van der Waals surface area (Å²) in [4.78, 5) is 30.1. The van der Waals surface area contributed by atoms with Gasteiger partial charge in [-0.05, 0) is 49.9 Å². The summed E-state index contributed by atoms with van der Waals surface area (Å²) in [5.74, 6) is -0.360. The van der Waals surface area contributed by atoms with Gasteiger partial charge < -0.3 is 14.6 Å². The summed E-state index contributed by atoms with van der Waals surface area (Å²) in [6.45, 7) is 4.70. The van der Waals surface area contributed by atoms with Gasteiger partial charge in [0.15, 0.2) is 5.43 Å². The molecule has 2 aromatic heterocycles. The molecule has 31 heavy (non-hydrogen) atoms. The minimum absolute atomic E-state index is 0.200. The molecule has 0 radical (unpaired) electrons. The molecule has 162 valence electrons. The summed E-state index contributed by atoms with van der Waals surface area (Å²) < 4.78 is 7.19. The smallest absolute Gasteiger partial charge is 0.257 e. The third-order valence-corrected chi connectivity index (χ3v) is 5.23. The predicted molar refractivity (Wildman–Crippen MR) is 121 cm³/mol. The topological polar surface area (TPSA) is 73.2 Å². The molecule has 0 aliphatic rings. The van der Waals surface area contributed by atoms with Crippen LogP contribution in [0.15, 0.2) is 65.7 Å². The van der Waals surface area contributed by atoms with Crippen molar-refractivity contribution in [2.45, 2.75) is 39.3 Å². The number of methoxy groups -OCH3 is 1. The van der Waals surface area contributed by atoms with E-state index in [0.717, 1.165) is 28.9 Å². The van der Waals surface area contributed by atoms with Crippen LogP contribution in [-0.2, 0) is 24.1 Å². The van der Waals surface area contributed by atoms with Gasteiger partial charge in [0.1, 0.15) is 5.56 Å². The van der Waals surface area contributed by atoms with Crippen molar-refractivity contribution in [2.75, 3.05) is 13.7 Å². The number of nitrogens with one attached hydrogen (secondary N) is 1. The van der Waals surface area contributed by atoms with E-state index in [1.54, 1.807) is 25.6 Å². The highest BCUT2D eigenvalue weighted by Gasteiger charge is 2.21. The van der Waals surface area contributed by atoms with Gasteiger partial charge >= 0.3 is 0 Å². The monoisotopic (exact) mass is 419 g/mol. The van der Waals surface area contributed by atoms with Crippen molar-refractivity contribution in [3.05, 3.63) is 99.2 Å². The van der Waals surface area contributed by atoms with Gasteiger partial charge in [-0.25, -0.2) is 0 Å². The van der Waals surface area contributed by atoms with Crippen molar-refractivity contribution in [2.24, 2.45) is 0 Å². The van der Waals surface area contributed by atoms with Gasteiger partial charge in [-0.3, -0.25) is 14.6 Å². The second-order valence-corrected chi connectivity index (χ2v) is 7.73. The lowest BCUT2D eigenvalue weighted by Crippen LogP contribution is -2.39. The maximum Gasteiger partial charge on any atom is 0.257 e. The van der Waals surface area contributed by atoms with Crippen molar-refractivity contribution in [3.8, 4) is 0 Å². The lowest BCUT2D eigenvalue weighted by atomic mass is 10.0. The Bertz CT molecular complexity index is 1060. The number of amides is 1. The van der Waals surface area contributed by atoms with Gasteiger partial charge in [0.25, 0.3) is 5.91 Å². The zero-order valence-corrected chi connectivity index (χ0v) is 18.3. The van der Waals surface area contributed by atoms with Crippen LogP contribution in [0.3, 0.4) is 0 Å². The Hall–Kier alpha value is -3.25. The molecule has 3 aromatic rings. The first-order valence-electron chi connectivity index (χ1n) is 10.5. The molecule has 0 fully saturated rings. The van der Waals surface area contributed by atoms with Crippen LogP contribution in [0.25, 0.3) is 0 Å². The Labute approximate surface area is 182 Å². The largest absolute Gasteiger partial charge is 0.383 e. The van der Waals surface area contributed by atoms with E-state index in [4.69, 9.17) is 4.74 Å². The summed E-state index contributed by atoms with van der Waals surface area (Å²) >= 11 is 0. The summed E-state index contributed by atoms with van der Waals surface area (Å²) in [5.41, 5.74) is 3.74. The number of rotatable bonds is 9. The molecule has 1 unspecified atom stereocenters. The van der Waals surface area contributed by atoms with E-state index < -0.39 is 0 Å². The first kappa shape index (κ1) is 22.4. The van der Waals surface area contributed by atoms with Crippen molar-refractivity contribution < 1.29 is 9.53 Å². The van der Waals surface area contributed by atoms with E-state index in [2.05, 4.69) is 27.0 Å². The van der Waals surface area contributed by atoms with Crippen LogP contribution in [-0.4, -0.2) is 35.2 Å².